The standard InChI is InChI=1S/C10H12N2OS/c1-8-3-4-9(7-11)10(13)12(8)5-2-6-14/h3-4,14H,2,5-6H2,1H3. The highest BCUT2D eigenvalue weighted by molar-refractivity contribution is 7.80. The zero-order chi connectivity index (χ0) is 10.6. The Kier molecular flexibility index (Phi) is 3.78. The lowest BCUT2D eigenvalue weighted by molar-refractivity contribution is 0.638. The molecule has 14 heavy (non-hydrogen) atoms. The highest BCUT2D eigenvalue weighted by Crippen LogP contribution is 1.99. The molecule has 0 fully saturated rings. The van der Waals surface area contributed by atoms with Crippen molar-refractivity contribution in [3.8, 4) is 6.07 Å². The highest BCUT2D eigenvalue weighted by Gasteiger charge is 2.04. The molecular weight excluding hydrogens is 196 g/mol. The Bertz CT molecular complexity index is 417. The van der Waals surface area contributed by atoms with E-state index < -0.39 is 0 Å². The van der Waals surface area contributed by atoms with Crippen LogP contribution in [-0.4, -0.2) is 10.3 Å². The van der Waals surface area contributed by atoms with Crippen molar-refractivity contribution in [2.24, 2.45) is 0 Å². The van der Waals surface area contributed by atoms with E-state index in [4.69, 9.17) is 5.26 Å². The van der Waals surface area contributed by atoms with Crippen LogP contribution in [0, 0.1) is 18.3 Å². The third-order valence-corrected chi connectivity index (χ3v) is 2.37. The maximum absolute atomic E-state index is 11.6. The first-order valence-corrected chi connectivity index (χ1v) is 5.05. The number of thiol groups is 1. The molecule has 74 valence electrons. The first-order chi connectivity index (χ1) is 6.70. The number of nitrogens with zero attached hydrogens (tertiary/aromatic N) is 2. The SMILES string of the molecule is Cc1ccc(C#N)c(=O)n1CCCS. The summed E-state index contributed by atoms with van der Waals surface area (Å²) in [6.07, 6.45) is 0.832. The number of nitriles is 1. The predicted octanol–water partition coefficient (Wildman–Crippen LogP) is 1.35. The third kappa shape index (κ3) is 2.18. The van der Waals surface area contributed by atoms with Crippen LogP contribution >= 0.6 is 12.6 Å². The molecular formula is C10H12N2OS. The van der Waals surface area contributed by atoms with E-state index in [0.717, 1.165) is 17.9 Å². The van der Waals surface area contributed by atoms with Gasteiger partial charge in [-0.1, -0.05) is 0 Å². The average Bonchev–Trinajstić information content (AvgIpc) is 2.18. The molecule has 1 aromatic rings. The van der Waals surface area contributed by atoms with E-state index in [2.05, 4.69) is 12.6 Å². The fraction of sp³-hybridized carbons (Fsp3) is 0.400. The van der Waals surface area contributed by atoms with Gasteiger partial charge in [0.25, 0.3) is 5.56 Å². The highest BCUT2D eigenvalue weighted by atomic mass is 32.1. The van der Waals surface area contributed by atoms with Crippen LogP contribution in [0.5, 0.6) is 0 Å². The zero-order valence-corrected chi connectivity index (χ0v) is 8.92. The summed E-state index contributed by atoms with van der Waals surface area (Å²) in [4.78, 5) is 11.6. The fourth-order valence-electron chi connectivity index (χ4n) is 1.26. The van der Waals surface area contributed by atoms with Crippen LogP contribution < -0.4 is 5.56 Å². The number of aryl methyl sites for hydroxylation is 1. The lowest BCUT2D eigenvalue weighted by Crippen LogP contribution is -2.24. The van der Waals surface area contributed by atoms with E-state index in [1.165, 1.54) is 0 Å². The molecule has 1 rings (SSSR count). The quantitative estimate of drug-likeness (QED) is 0.762. The van der Waals surface area contributed by atoms with E-state index in [0.29, 0.717) is 6.54 Å². The molecule has 0 unspecified atom stereocenters. The predicted molar refractivity (Wildman–Crippen MR) is 58.6 cm³/mol. The van der Waals surface area contributed by atoms with Gasteiger partial charge in [-0.15, -0.1) is 0 Å². The van der Waals surface area contributed by atoms with Crippen LogP contribution in [0.2, 0.25) is 0 Å². The second-order valence-electron chi connectivity index (χ2n) is 3.03. The Morgan fingerprint density at radius 1 is 1.57 bits per heavy atom. The molecule has 0 saturated carbocycles. The summed E-state index contributed by atoms with van der Waals surface area (Å²) < 4.78 is 1.62. The Balaban J connectivity index is 3.14. The second kappa shape index (κ2) is 4.87. The molecule has 0 spiro atoms. The smallest absolute Gasteiger partial charge is 0.268 e. The summed E-state index contributed by atoms with van der Waals surface area (Å²) in [5.41, 5.74) is 0.889. The van der Waals surface area contributed by atoms with Crippen molar-refractivity contribution in [3.63, 3.8) is 0 Å². The monoisotopic (exact) mass is 208 g/mol. The van der Waals surface area contributed by atoms with Crippen LogP contribution in [0.1, 0.15) is 17.7 Å². The van der Waals surface area contributed by atoms with Gasteiger partial charge in [0.15, 0.2) is 0 Å². The molecule has 4 heteroatoms. The van der Waals surface area contributed by atoms with E-state index >= 15 is 0 Å². The van der Waals surface area contributed by atoms with Gasteiger partial charge in [0, 0.05) is 12.2 Å². The first kappa shape index (κ1) is 10.9. The van der Waals surface area contributed by atoms with Crippen molar-refractivity contribution in [2.45, 2.75) is 19.9 Å². The van der Waals surface area contributed by atoms with Gasteiger partial charge in [-0.05, 0) is 31.2 Å². The maximum Gasteiger partial charge on any atom is 0.268 e. The summed E-state index contributed by atoms with van der Waals surface area (Å²) in [6, 6.07) is 5.24. The first-order valence-electron chi connectivity index (χ1n) is 4.42. The van der Waals surface area contributed by atoms with Gasteiger partial charge >= 0.3 is 0 Å². The largest absolute Gasteiger partial charge is 0.312 e. The zero-order valence-electron chi connectivity index (χ0n) is 8.03. The lowest BCUT2D eigenvalue weighted by Gasteiger charge is -2.08. The average molecular weight is 208 g/mol. The third-order valence-electron chi connectivity index (χ3n) is 2.05. The van der Waals surface area contributed by atoms with Gasteiger partial charge in [0.2, 0.25) is 0 Å². The number of hydrogen-bond donors (Lipinski definition) is 1. The minimum atomic E-state index is -0.200. The molecule has 1 aromatic heterocycles. The Morgan fingerprint density at radius 3 is 2.86 bits per heavy atom. The van der Waals surface area contributed by atoms with E-state index in [9.17, 15) is 4.79 Å². The number of hydrogen-bond acceptors (Lipinski definition) is 3. The molecule has 0 aliphatic heterocycles. The van der Waals surface area contributed by atoms with Gasteiger partial charge in [-0.2, -0.15) is 17.9 Å². The molecule has 0 radical (unpaired) electrons. The van der Waals surface area contributed by atoms with Crippen molar-refractivity contribution in [1.29, 1.82) is 5.26 Å². The van der Waals surface area contributed by atoms with Crippen molar-refractivity contribution >= 4 is 12.6 Å². The van der Waals surface area contributed by atoms with Crippen LogP contribution in [0.3, 0.4) is 0 Å². The van der Waals surface area contributed by atoms with Crippen molar-refractivity contribution in [1.82, 2.24) is 4.57 Å². The van der Waals surface area contributed by atoms with E-state index in [1.54, 1.807) is 16.7 Å². The summed E-state index contributed by atoms with van der Waals surface area (Å²) >= 11 is 4.09. The van der Waals surface area contributed by atoms with Crippen molar-refractivity contribution < 1.29 is 0 Å². The van der Waals surface area contributed by atoms with Gasteiger partial charge in [-0.25, -0.2) is 0 Å². The van der Waals surface area contributed by atoms with Crippen LogP contribution in [0.4, 0.5) is 0 Å². The van der Waals surface area contributed by atoms with Gasteiger partial charge in [-0.3, -0.25) is 4.79 Å². The summed E-state index contributed by atoms with van der Waals surface area (Å²) in [6.45, 7) is 2.49. The number of pyridine rings is 1. The van der Waals surface area contributed by atoms with Gasteiger partial charge in [0.1, 0.15) is 11.6 Å². The van der Waals surface area contributed by atoms with Crippen molar-refractivity contribution in [3.05, 3.63) is 33.7 Å². The normalized spacial score (nSPS) is 9.79. The molecule has 0 amide bonds. The van der Waals surface area contributed by atoms with E-state index in [1.807, 2.05) is 13.0 Å². The molecule has 0 bridgehead atoms. The second-order valence-corrected chi connectivity index (χ2v) is 3.48. The van der Waals surface area contributed by atoms with Gasteiger partial charge in [0.05, 0.1) is 0 Å². The minimum absolute atomic E-state index is 0.200. The lowest BCUT2D eigenvalue weighted by atomic mass is 10.2. The topological polar surface area (TPSA) is 45.8 Å². The number of aromatic nitrogens is 1. The summed E-state index contributed by atoms with van der Waals surface area (Å²) in [7, 11) is 0. The molecule has 0 aliphatic rings. The Morgan fingerprint density at radius 2 is 2.29 bits per heavy atom. The maximum atomic E-state index is 11.6. The molecule has 1 heterocycles. The minimum Gasteiger partial charge on any atom is -0.312 e. The summed E-state index contributed by atoms with van der Waals surface area (Å²) in [5, 5.41) is 8.68. The van der Waals surface area contributed by atoms with Gasteiger partial charge < -0.3 is 4.57 Å². The Hall–Kier alpha value is -1.21. The molecule has 0 N–H and O–H groups in total. The molecule has 0 aromatic carbocycles. The van der Waals surface area contributed by atoms with Crippen LogP contribution in [-0.2, 0) is 6.54 Å². The van der Waals surface area contributed by atoms with Crippen molar-refractivity contribution in [2.75, 3.05) is 5.75 Å². The summed E-state index contributed by atoms with van der Waals surface area (Å²) in [5.74, 6) is 0.739. The molecule has 0 aliphatic carbocycles. The van der Waals surface area contributed by atoms with Crippen LogP contribution in [0.15, 0.2) is 16.9 Å². The molecule has 3 nitrogen and oxygen atoms in total. The van der Waals surface area contributed by atoms with E-state index in [-0.39, 0.29) is 11.1 Å². The molecule has 0 saturated heterocycles. The number of rotatable bonds is 3. The molecule has 0 atom stereocenters. The fourth-order valence-corrected chi connectivity index (χ4v) is 1.40. The Labute approximate surface area is 88.4 Å². The van der Waals surface area contributed by atoms with Crippen LogP contribution in [0.25, 0.3) is 0 Å².